The summed E-state index contributed by atoms with van der Waals surface area (Å²) >= 11 is 0. The summed E-state index contributed by atoms with van der Waals surface area (Å²) in [5.41, 5.74) is 10.5. The second kappa shape index (κ2) is 8.44. The lowest BCUT2D eigenvalue weighted by atomic mass is 9.95. The minimum absolute atomic E-state index is 0.0181. The number of para-hydroxylation sites is 1. The number of pyridine rings is 1. The summed E-state index contributed by atoms with van der Waals surface area (Å²) in [5.74, 6) is 1.57. The fourth-order valence-electron chi connectivity index (χ4n) is 5.54. The van der Waals surface area contributed by atoms with Crippen molar-refractivity contribution in [3.05, 3.63) is 90.8 Å². The first-order valence-corrected chi connectivity index (χ1v) is 12.5. The molecular formula is C29H25N7O. The lowest BCUT2D eigenvalue weighted by molar-refractivity contribution is 0.0707. The molecule has 7 rings (SSSR count). The number of nitrogen functional groups attached to an aromatic ring is 1. The van der Waals surface area contributed by atoms with E-state index in [0.717, 1.165) is 57.2 Å². The van der Waals surface area contributed by atoms with E-state index in [1.54, 1.807) is 12.4 Å². The van der Waals surface area contributed by atoms with Crippen molar-refractivity contribution < 1.29 is 4.79 Å². The third kappa shape index (κ3) is 3.52. The van der Waals surface area contributed by atoms with Crippen LogP contribution in [0.3, 0.4) is 0 Å². The second-order valence-electron chi connectivity index (χ2n) is 9.57. The van der Waals surface area contributed by atoms with Gasteiger partial charge >= 0.3 is 0 Å². The molecule has 3 N–H and O–H groups in total. The van der Waals surface area contributed by atoms with Gasteiger partial charge in [0.05, 0.1) is 5.69 Å². The number of fused-ring (bicyclic) bond motifs is 3. The molecule has 0 spiro atoms. The molecule has 1 fully saturated rings. The maximum Gasteiger partial charge on any atom is 0.273 e. The van der Waals surface area contributed by atoms with E-state index in [-0.39, 0.29) is 11.8 Å². The first kappa shape index (κ1) is 21.6. The molecule has 0 unspecified atom stereocenters. The Morgan fingerprint density at radius 3 is 2.57 bits per heavy atom. The number of carbonyl (C=O) groups excluding carboxylic acids is 1. The lowest BCUT2D eigenvalue weighted by Gasteiger charge is -2.31. The number of imidazole rings is 1. The van der Waals surface area contributed by atoms with Crippen LogP contribution in [0.4, 0.5) is 5.82 Å². The van der Waals surface area contributed by atoms with Gasteiger partial charge in [0, 0.05) is 53.9 Å². The molecule has 0 atom stereocenters. The molecule has 2 aromatic carbocycles. The van der Waals surface area contributed by atoms with Crippen molar-refractivity contribution in [3.63, 3.8) is 0 Å². The molecule has 5 heterocycles. The molecule has 4 aromatic heterocycles. The summed E-state index contributed by atoms with van der Waals surface area (Å²) in [6.45, 7) is 1.29. The highest BCUT2D eigenvalue weighted by atomic mass is 16.2. The fraction of sp³-hybridized carbons (Fsp3) is 0.172. The molecule has 0 saturated carbocycles. The summed E-state index contributed by atoms with van der Waals surface area (Å²) in [6, 6.07) is 20.1. The standard InChI is InChI=1S/C29H25N7O/c30-27-26-25(23-17-20-6-2-4-8-22(20)33-23)34-28(36(26)16-13-32-27)19-10-14-35(15-11-19)29(37)24-21-7-3-1-5-18(21)9-12-31-24/h1-9,12-13,16-17,19,33H,10-11,14-15H2,(H2,30,32). The number of aromatic nitrogens is 5. The van der Waals surface area contributed by atoms with Crippen molar-refractivity contribution in [2.75, 3.05) is 18.8 Å². The normalized spacial score (nSPS) is 14.6. The Labute approximate surface area is 212 Å². The number of rotatable bonds is 3. The monoisotopic (exact) mass is 487 g/mol. The summed E-state index contributed by atoms with van der Waals surface area (Å²) < 4.78 is 2.07. The van der Waals surface area contributed by atoms with Crippen molar-refractivity contribution in [1.29, 1.82) is 0 Å². The van der Waals surface area contributed by atoms with Crippen LogP contribution < -0.4 is 5.73 Å². The lowest BCUT2D eigenvalue weighted by Crippen LogP contribution is -2.38. The molecule has 1 aliphatic rings. The van der Waals surface area contributed by atoms with Gasteiger partial charge < -0.3 is 15.6 Å². The first-order valence-electron chi connectivity index (χ1n) is 12.5. The number of H-pyrrole nitrogens is 1. The van der Waals surface area contributed by atoms with Gasteiger partial charge in [0.15, 0.2) is 0 Å². The quantitative estimate of drug-likeness (QED) is 0.364. The average Bonchev–Trinajstić information content (AvgIpc) is 3.55. The number of carbonyl (C=O) groups is 1. The molecule has 0 bridgehead atoms. The third-order valence-electron chi connectivity index (χ3n) is 7.42. The highest BCUT2D eigenvalue weighted by molar-refractivity contribution is 6.05. The molecule has 6 aromatic rings. The number of nitrogens with two attached hydrogens (primary N) is 1. The van der Waals surface area contributed by atoms with Gasteiger partial charge in [0.25, 0.3) is 5.91 Å². The van der Waals surface area contributed by atoms with Crippen LogP contribution in [-0.2, 0) is 0 Å². The van der Waals surface area contributed by atoms with Gasteiger partial charge in [-0.15, -0.1) is 0 Å². The van der Waals surface area contributed by atoms with Crippen LogP contribution in [0.1, 0.15) is 35.1 Å². The number of piperidine rings is 1. The predicted molar refractivity (Wildman–Crippen MR) is 144 cm³/mol. The number of anilines is 1. The Bertz CT molecular complexity index is 1750. The van der Waals surface area contributed by atoms with Gasteiger partial charge in [-0.3, -0.25) is 14.2 Å². The number of nitrogens with one attached hydrogen (secondary N) is 1. The van der Waals surface area contributed by atoms with E-state index in [4.69, 9.17) is 10.7 Å². The highest BCUT2D eigenvalue weighted by Gasteiger charge is 2.30. The molecular weight excluding hydrogens is 462 g/mol. The molecule has 1 saturated heterocycles. The SMILES string of the molecule is Nc1nccn2c(C3CCN(C(=O)c4nccc5ccccc45)CC3)nc(-c3cc4ccccc4[nH]3)c12. The average molecular weight is 488 g/mol. The maximum absolute atomic E-state index is 13.4. The van der Waals surface area contributed by atoms with Gasteiger partial charge in [-0.05, 0) is 36.4 Å². The smallest absolute Gasteiger partial charge is 0.273 e. The number of benzene rings is 2. The van der Waals surface area contributed by atoms with Crippen LogP contribution in [0.2, 0.25) is 0 Å². The number of amides is 1. The fourth-order valence-corrected chi connectivity index (χ4v) is 5.54. The second-order valence-corrected chi connectivity index (χ2v) is 9.57. The highest BCUT2D eigenvalue weighted by Crippen LogP contribution is 2.35. The van der Waals surface area contributed by atoms with E-state index in [2.05, 4.69) is 37.6 Å². The van der Waals surface area contributed by atoms with Crippen LogP contribution in [0.5, 0.6) is 0 Å². The number of likely N-dealkylation sites (tertiary alicyclic amines) is 1. The Morgan fingerprint density at radius 2 is 1.73 bits per heavy atom. The summed E-state index contributed by atoms with van der Waals surface area (Å²) in [5, 5.41) is 3.04. The Morgan fingerprint density at radius 1 is 0.946 bits per heavy atom. The molecule has 182 valence electrons. The van der Waals surface area contributed by atoms with E-state index in [1.165, 1.54) is 0 Å². The number of hydrogen-bond acceptors (Lipinski definition) is 5. The number of hydrogen-bond donors (Lipinski definition) is 2. The molecule has 0 radical (unpaired) electrons. The van der Waals surface area contributed by atoms with Gasteiger partial charge in [-0.1, -0.05) is 42.5 Å². The first-order chi connectivity index (χ1) is 18.2. The summed E-state index contributed by atoms with van der Waals surface area (Å²) in [6.07, 6.45) is 6.97. The van der Waals surface area contributed by atoms with Crippen LogP contribution in [0.15, 0.2) is 79.3 Å². The van der Waals surface area contributed by atoms with Crippen molar-refractivity contribution >= 4 is 38.9 Å². The topological polar surface area (TPSA) is 105 Å². The van der Waals surface area contributed by atoms with Crippen LogP contribution in [0, 0.1) is 0 Å². The zero-order valence-corrected chi connectivity index (χ0v) is 20.1. The van der Waals surface area contributed by atoms with E-state index in [1.807, 2.05) is 53.6 Å². The van der Waals surface area contributed by atoms with Gasteiger partial charge in [-0.25, -0.2) is 9.97 Å². The van der Waals surface area contributed by atoms with E-state index in [9.17, 15) is 4.79 Å². The van der Waals surface area contributed by atoms with Crippen molar-refractivity contribution in [3.8, 4) is 11.4 Å². The zero-order valence-electron chi connectivity index (χ0n) is 20.1. The van der Waals surface area contributed by atoms with Gasteiger partial charge in [0.2, 0.25) is 0 Å². The molecule has 0 aliphatic carbocycles. The van der Waals surface area contributed by atoms with Crippen LogP contribution in [0.25, 0.3) is 38.6 Å². The van der Waals surface area contributed by atoms with Crippen LogP contribution >= 0.6 is 0 Å². The van der Waals surface area contributed by atoms with E-state index >= 15 is 0 Å². The number of aromatic amines is 1. The van der Waals surface area contributed by atoms with Crippen molar-refractivity contribution in [1.82, 2.24) is 29.2 Å². The zero-order chi connectivity index (χ0) is 24.9. The molecule has 37 heavy (non-hydrogen) atoms. The van der Waals surface area contributed by atoms with E-state index in [0.29, 0.717) is 24.6 Å². The van der Waals surface area contributed by atoms with Crippen molar-refractivity contribution in [2.24, 2.45) is 0 Å². The largest absolute Gasteiger partial charge is 0.382 e. The molecule has 8 heteroatoms. The van der Waals surface area contributed by atoms with Gasteiger partial charge in [-0.2, -0.15) is 0 Å². The maximum atomic E-state index is 13.4. The minimum Gasteiger partial charge on any atom is -0.382 e. The Kier molecular flexibility index (Phi) is 4.92. The minimum atomic E-state index is -0.0181. The number of nitrogens with zero attached hydrogens (tertiary/aromatic N) is 5. The molecule has 1 aliphatic heterocycles. The summed E-state index contributed by atoms with van der Waals surface area (Å²) in [7, 11) is 0. The molecule has 1 amide bonds. The third-order valence-corrected chi connectivity index (χ3v) is 7.42. The Balaban J connectivity index is 1.20. The predicted octanol–water partition coefficient (Wildman–Crippen LogP) is 5.03. The van der Waals surface area contributed by atoms with Crippen molar-refractivity contribution in [2.45, 2.75) is 18.8 Å². The van der Waals surface area contributed by atoms with E-state index < -0.39 is 0 Å². The Hall–Kier alpha value is -4.72. The summed E-state index contributed by atoms with van der Waals surface area (Å²) in [4.78, 5) is 32.7. The molecule has 8 nitrogen and oxygen atoms in total. The van der Waals surface area contributed by atoms with Gasteiger partial charge in [0.1, 0.15) is 28.5 Å². The van der Waals surface area contributed by atoms with Crippen LogP contribution in [-0.4, -0.2) is 48.2 Å².